The number of nitrogens with zero attached hydrogens (tertiary/aromatic N) is 2. The van der Waals surface area contributed by atoms with Crippen LogP contribution in [-0.2, 0) is 24.1 Å². The van der Waals surface area contributed by atoms with Crippen LogP contribution < -0.4 is 14.8 Å². The summed E-state index contributed by atoms with van der Waals surface area (Å²) in [5.74, 6) is 2.51. The molecule has 0 aliphatic carbocycles. The summed E-state index contributed by atoms with van der Waals surface area (Å²) in [5, 5.41) is 6.81. The zero-order valence-electron chi connectivity index (χ0n) is 15.5. The monoisotopic (exact) mass is 359 g/mol. The Labute approximate surface area is 153 Å². The second-order valence-corrected chi connectivity index (χ2v) is 6.42. The minimum absolute atomic E-state index is 0.132. The van der Waals surface area contributed by atoms with E-state index >= 15 is 0 Å². The molecule has 26 heavy (non-hydrogen) atoms. The van der Waals surface area contributed by atoms with Crippen LogP contribution in [0.25, 0.3) is 0 Å². The minimum Gasteiger partial charge on any atom is -0.492 e. The molecule has 0 saturated carbocycles. The van der Waals surface area contributed by atoms with Gasteiger partial charge in [-0.25, -0.2) is 0 Å². The van der Waals surface area contributed by atoms with Gasteiger partial charge in [-0.3, -0.25) is 4.79 Å². The fraction of sp³-hybridized carbons (Fsp3) is 0.526. The number of aryl methyl sites for hydroxylation is 2. The Morgan fingerprint density at radius 3 is 2.96 bits per heavy atom. The third kappa shape index (κ3) is 4.33. The summed E-state index contributed by atoms with van der Waals surface area (Å²) >= 11 is 0. The zero-order valence-corrected chi connectivity index (χ0v) is 15.5. The van der Waals surface area contributed by atoms with Gasteiger partial charge in [0.2, 0.25) is 11.8 Å². The summed E-state index contributed by atoms with van der Waals surface area (Å²) in [4.78, 5) is 16.6. The number of hydrogen-bond acceptors (Lipinski definition) is 6. The molecule has 0 fully saturated rings. The Balaban J connectivity index is 1.63. The van der Waals surface area contributed by atoms with E-state index < -0.39 is 0 Å². The van der Waals surface area contributed by atoms with Gasteiger partial charge < -0.3 is 19.3 Å². The predicted octanol–water partition coefficient (Wildman–Crippen LogP) is 3.32. The minimum atomic E-state index is -0.132. The number of fused-ring (bicyclic) bond motifs is 1. The van der Waals surface area contributed by atoms with E-state index in [1.54, 1.807) is 0 Å². The molecule has 1 aliphatic heterocycles. The molecule has 3 rings (SSSR count). The van der Waals surface area contributed by atoms with Crippen LogP contribution in [0.1, 0.15) is 50.9 Å². The van der Waals surface area contributed by atoms with E-state index in [1.165, 1.54) is 0 Å². The van der Waals surface area contributed by atoms with E-state index in [-0.39, 0.29) is 18.4 Å². The Bertz CT molecular complexity index is 772. The maximum atomic E-state index is 12.3. The number of aromatic nitrogens is 2. The molecule has 1 unspecified atom stereocenters. The Morgan fingerprint density at radius 1 is 1.35 bits per heavy atom. The molecule has 0 spiro atoms. The van der Waals surface area contributed by atoms with Gasteiger partial charge in [0.25, 0.3) is 0 Å². The summed E-state index contributed by atoms with van der Waals surface area (Å²) in [7, 11) is 0. The average molecular weight is 359 g/mol. The second-order valence-electron chi connectivity index (χ2n) is 6.42. The van der Waals surface area contributed by atoms with Crippen LogP contribution in [0.5, 0.6) is 11.5 Å². The first kappa shape index (κ1) is 18.2. The SMILES string of the molecule is CCCc1noc(CCC(=O)Nc2cc3c(cc2OCC)CC(C)O3)n1. The van der Waals surface area contributed by atoms with Crippen molar-refractivity contribution in [1.29, 1.82) is 0 Å². The first-order valence-electron chi connectivity index (χ1n) is 9.16. The van der Waals surface area contributed by atoms with Crippen molar-refractivity contribution in [3.63, 3.8) is 0 Å². The van der Waals surface area contributed by atoms with Crippen molar-refractivity contribution in [3.05, 3.63) is 29.4 Å². The molecule has 2 aromatic rings. The van der Waals surface area contributed by atoms with Crippen molar-refractivity contribution in [2.45, 2.75) is 59.0 Å². The summed E-state index contributed by atoms with van der Waals surface area (Å²) in [6, 6.07) is 3.79. The number of carbonyl (C=O) groups excluding carboxylic acids is 1. The van der Waals surface area contributed by atoms with Gasteiger partial charge in [-0.05, 0) is 26.3 Å². The Hall–Kier alpha value is -2.57. The molecule has 1 aliphatic rings. The van der Waals surface area contributed by atoms with Crippen LogP contribution in [-0.4, -0.2) is 28.8 Å². The van der Waals surface area contributed by atoms with E-state index in [9.17, 15) is 4.79 Å². The molecule has 7 nitrogen and oxygen atoms in total. The maximum absolute atomic E-state index is 12.3. The number of carbonyl (C=O) groups is 1. The molecule has 1 amide bonds. The number of nitrogens with one attached hydrogen (secondary N) is 1. The smallest absolute Gasteiger partial charge is 0.227 e. The summed E-state index contributed by atoms with van der Waals surface area (Å²) in [5.41, 5.74) is 1.73. The molecule has 1 aromatic heterocycles. The van der Waals surface area contributed by atoms with Crippen molar-refractivity contribution in [3.8, 4) is 11.5 Å². The standard InChI is InChI=1S/C19H25N3O4/c1-4-6-17-21-19(26-22-17)8-7-18(23)20-14-11-15-13(9-12(3)25-15)10-16(14)24-5-2/h10-12H,4-9H2,1-3H3,(H,20,23). The Morgan fingerprint density at radius 2 is 2.19 bits per heavy atom. The van der Waals surface area contributed by atoms with Crippen LogP contribution in [0, 0.1) is 0 Å². The number of rotatable bonds is 8. The molecular weight excluding hydrogens is 334 g/mol. The summed E-state index contributed by atoms with van der Waals surface area (Å²) in [6.07, 6.45) is 3.39. The van der Waals surface area contributed by atoms with Gasteiger partial charge in [-0.1, -0.05) is 12.1 Å². The molecule has 2 heterocycles. The van der Waals surface area contributed by atoms with Crippen LogP contribution in [0.15, 0.2) is 16.7 Å². The van der Waals surface area contributed by atoms with Gasteiger partial charge in [0.05, 0.1) is 12.3 Å². The highest BCUT2D eigenvalue weighted by molar-refractivity contribution is 5.92. The molecule has 1 N–H and O–H groups in total. The fourth-order valence-electron chi connectivity index (χ4n) is 2.96. The molecule has 7 heteroatoms. The summed E-state index contributed by atoms with van der Waals surface area (Å²) in [6.45, 7) is 6.53. The predicted molar refractivity (Wildman–Crippen MR) is 96.6 cm³/mol. The second kappa shape index (κ2) is 8.21. The van der Waals surface area contributed by atoms with E-state index in [0.29, 0.717) is 36.2 Å². The lowest BCUT2D eigenvalue weighted by atomic mass is 10.1. The van der Waals surface area contributed by atoms with Gasteiger partial charge in [0, 0.05) is 37.3 Å². The average Bonchev–Trinajstić information content (AvgIpc) is 3.19. The van der Waals surface area contributed by atoms with E-state index in [1.807, 2.05) is 26.0 Å². The van der Waals surface area contributed by atoms with Crippen LogP contribution in [0.2, 0.25) is 0 Å². The molecular formula is C19H25N3O4. The first-order valence-corrected chi connectivity index (χ1v) is 9.16. The molecule has 1 aromatic carbocycles. The van der Waals surface area contributed by atoms with Crippen molar-refractivity contribution in [2.24, 2.45) is 0 Å². The van der Waals surface area contributed by atoms with Crippen molar-refractivity contribution >= 4 is 11.6 Å². The van der Waals surface area contributed by atoms with Gasteiger partial charge in [-0.15, -0.1) is 0 Å². The van der Waals surface area contributed by atoms with Gasteiger partial charge in [0.1, 0.15) is 17.6 Å². The van der Waals surface area contributed by atoms with Crippen molar-refractivity contribution in [1.82, 2.24) is 10.1 Å². The highest BCUT2D eigenvalue weighted by Gasteiger charge is 2.22. The third-order valence-corrected chi connectivity index (χ3v) is 4.12. The first-order chi connectivity index (χ1) is 12.6. The van der Waals surface area contributed by atoms with Gasteiger partial charge in [-0.2, -0.15) is 4.98 Å². The van der Waals surface area contributed by atoms with Crippen LogP contribution >= 0.6 is 0 Å². The number of amides is 1. The lowest BCUT2D eigenvalue weighted by molar-refractivity contribution is -0.116. The molecule has 0 bridgehead atoms. The summed E-state index contributed by atoms with van der Waals surface area (Å²) < 4.78 is 16.6. The van der Waals surface area contributed by atoms with E-state index in [2.05, 4.69) is 22.4 Å². The van der Waals surface area contributed by atoms with Crippen LogP contribution in [0.3, 0.4) is 0 Å². The molecule has 1 atom stereocenters. The number of ether oxygens (including phenoxy) is 2. The van der Waals surface area contributed by atoms with Gasteiger partial charge in [0.15, 0.2) is 5.82 Å². The topological polar surface area (TPSA) is 86.5 Å². The fourth-order valence-corrected chi connectivity index (χ4v) is 2.96. The van der Waals surface area contributed by atoms with Gasteiger partial charge >= 0.3 is 0 Å². The normalized spacial score (nSPS) is 15.4. The lowest BCUT2D eigenvalue weighted by Gasteiger charge is -2.13. The maximum Gasteiger partial charge on any atom is 0.227 e. The molecule has 0 saturated heterocycles. The third-order valence-electron chi connectivity index (χ3n) is 4.12. The zero-order chi connectivity index (χ0) is 18.5. The largest absolute Gasteiger partial charge is 0.492 e. The highest BCUT2D eigenvalue weighted by atomic mass is 16.5. The number of benzene rings is 1. The molecule has 140 valence electrons. The lowest BCUT2D eigenvalue weighted by Crippen LogP contribution is -2.13. The number of hydrogen-bond donors (Lipinski definition) is 1. The Kier molecular flexibility index (Phi) is 5.75. The van der Waals surface area contributed by atoms with Crippen molar-refractivity contribution < 1.29 is 18.8 Å². The quantitative estimate of drug-likeness (QED) is 0.778. The molecule has 0 radical (unpaired) electrons. The highest BCUT2D eigenvalue weighted by Crippen LogP contribution is 2.38. The van der Waals surface area contributed by atoms with Crippen molar-refractivity contribution in [2.75, 3.05) is 11.9 Å². The number of anilines is 1. The van der Waals surface area contributed by atoms with E-state index in [4.69, 9.17) is 14.0 Å². The van der Waals surface area contributed by atoms with Crippen LogP contribution in [0.4, 0.5) is 5.69 Å². The van der Waals surface area contributed by atoms with E-state index in [0.717, 1.165) is 30.6 Å².